The molecule has 3 rings (SSSR count). The number of aromatic nitrogens is 4. The van der Waals surface area contributed by atoms with Crippen molar-refractivity contribution in [2.75, 3.05) is 20.1 Å². The van der Waals surface area contributed by atoms with E-state index in [0.717, 1.165) is 31.4 Å². The van der Waals surface area contributed by atoms with Crippen molar-refractivity contribution >= 4 is 11.8 Å². The van der Waals surface area contributed by atoms with E-state index in [0.29, 0.717) is 0 Å². The predicted octanol–water partition coefficient (Wildman–Crippen LogP) is 1.39. The summed E-state index contributed by atoms with van der Waals surface area (Å²) < 4.78 is 3.36. The zero-order chi connectivity index (χ0) is 18.7. The minimum atomic E-state index is -0.432. The second-order valence-corrected chi connectivity index (χ2v) is 6.90. The Kier molecular flexibility index (Phi) is 5.39. The third kappa shape index (κ3) is 3.79. The molecule has 2 aromatic heterocycles. The Labute approximate surface area is 153 Å². The van der Waals surface area contributed by atoms with Crippen molar-refractivity contribution in [2.45, 2.75) is 38.3 Å². The maximum atomic E-state index is 12.9. The average molecular weight is 358 g/mol. The van der Waals surface area contributed by atoms with Gasteiger partial charge in [0.2, 0.25) is 11.8 Å². The first-order valence-corrected chi connectivity index (χ1v) is 8.99. The smallest absolute Gasteiger partial charge is 0.247 e. The highest BCUT2D eigenvalue weighted by molar-refractivity contribution is 5.86. The molecule has 2 aromatic rings. The van der Waals surface area contributed by atoms with Crippen LogP contribution in [-0.2, 0) is 16.6 Å². The highest BCUT2D eigenvalue weighted by Gasteiger charge is 2.30. The Balaban J connectivity index is 1.66. The van der Waals surface area contributed by atoms with Gasteiger partial charge < -0.3 is 9.80 Å². The third-order valence-corrected chi connectivity index (χ3v) is 4.96. The van der Waals surface area contributed by atoms with Gasteiger partial charge in [-0.1, -0.05) is 0 Å². The zero-order valence-electron chi connectivity index (χ0n) is 15.6. The molecule has 0 aliphatic carbocycles. The van der Waals surface area contributed by atoms with Gasteiger partial charge in [0.05, 0.1) is 18.8 Å². The molecule has 140 valence electrons. The van der Waals surface area contributed by atoms with Crippen LogP contribution in [0.3, 0.4) is 0 Å². The fraction of sp³-hybridized carbons (Fsp3) is 0.556. The van der Waals surface area contributed by atoms with Gasteiger partial charge in [0, 0.05) is 44.8 Å². The number of rotatable bonds is 5. The number of amides is 2. The van der Waals surface area contributed by atoms with Crippen LogP contribution in [0.2, 0.25) is 0 Å². The van der Waals surface area contributed by atoms with E-state index in [4.69, 9.17) is 0 Å². The molecule has 2 unspecified atom stereocenters. The number of piperidine rings is 1. The van der Waals surface area contributed by atoms with Gasteiger partial charge in [-0.2, -0.15) is 10.2 Å². The van der Waals surface area contributed by atoms with Crippen molar-refractivity contribution in [1.82, 2.24) is 29.4 Å². The van der Waals surface area contributed by atoms with Crippen molar-refractivity contribution in [3.8, 4) is 0 Å². The van der Waals surface area contributed by atoms with Crippen LogP contribution in [0, 0.1) is 0 Å². The first-order chi connectivity index (χ1) is 12.5. The van der Waals surface area contributed by atoms with Gasteiger partial charge in [-0.15, -0.1) is 0 Å². The molecule has 1 aliphatic rings. The van der Waals surface area contributed by atoms with Crippen molar-refractivity contribution in [3.05, 3.63) is 36.4 Å². The molecule has 8 heteroatoms. The molecule has 0 N–H and O–H groups in total. The number of carbonyl (C=O) groups excluding carboxylic acids is 2. The van der Waals surface area contributed by atoms with Crippen molar-refractivity contribution in [1.29, 1.82) is 0 Å². The molecular formula is C18H26N6O2. The second-order valence-electron chi connectivity index (χ2n) is 6.90. The van der Waals surface area contributed by atoms with Crippen LogP contribution in [0.1, 0.15) is 43.8 Å². The predicted molar refractivity (Wildman–Crippen MR) is 96.1 cm³/mol. The minimum Gasteiger partial charge on any atom is -0.335 e. The number of likely N-dealkylation sites (N-methyl/N-ethyl adjacent to an activating group) is 1. The molecule has 0 spiro atoms. The Morgan fingerprint density at radius 1 is 1.35 bits per heavy atom. The molecule has 3 heterocycles. The maximum Gasteiger partial charge on any atom is 0.247 e. The Morgan fingerprint density at radius 2 is 2.15 bits per heavy atom. The number of hydrogen-bond acceptors (Lipinski definition) is 4. The van der Waals surface area contributed by atoms with Gasteiger partial charge in [-0.25, -0.2) is 0 Å². The highest BCUT2D eigenvalue weighted by Crippen LogP contribution is 2.30. The lowest BCUT2D eigenvalue weighted by atomic mass is 9.97. The lowest BCUT2D eigenvalue weighted by molar-refractivity contribution is -0.143. The highest BCUT2D eigenvalue weighted by atomic mass is 16.2. The van der Waals surface area contributed by atoms with Gasteiger partial charge >= 0.3 is 0 Å². The lowest BCUT2D eigenvalue weighted by Gasteiger charge is -2.36. The van der Waals surface area contributed by atoms with Crippen LogP contribution >= 0.6 is 0 Å². The Morgan fingerprint density at radius 3 is 2.81 bits per heavy atom. The van der Waals surface area contributed by atoms with Crippen LogP contribution in [0.5, 0.6) is 0 Å². The number of aryl methyl sites for hydroxylation is 1. The third-order valence-electron chi connectivity index (χ3n) is 4.96. The number of carbonyl (C=O) groups is 2. The summed E-state index contributed by atoms with van der Waals surface area (Å²) >= 11 is 0. The Bertz CT molecular complexity index is 754. The topological polar surface area (TPSA) is 76.3 Å². The SMILES string of the molecule is CC(C(=O)N(C)CC(=O)N1CCCCC1c1cnn(C)c1)n1cccn1. The van der Waals surface area contributed by atoms with E-state index in [9.17, 15) is 9.59 Å². The van der Waals surface area contributed by atoms with Crippen molar-refractivity contribution in [3.63, 3.8) is 0 Å². The molecule has 0 aromatic carbocycles. The fourth-order valence-corrected chi connectivity index (χ4v) is 3.50. The summed E-state index contributed by atoms with van der Waals surface area (Å²) in [6.07, 6.45) is 10.2. The standard InChI is InChI=1S/C18H26N6O2/c1-14(24-10-6-8-19-24)18(26)21(2)13-17(25)23-9-5-4-7-16(23)15-11-20-22(3)12-15/h6,8,10-12,14,16H,4-5,7,9,13H2,1-3H3. The summed E-state index contributed by atoms with van der Waals surface area (Å²) in [6, 6.07) is 1.39. The summed E-state index contributed by atoms with van der Waals surface area (Å²) in [5, 5.41) is 8.34. The quantitative estimate of drug-likeness (QED) is 0.809. The van der Waals surface area contributed by atoms with Gasteiger partial charge in [-0.05, 0) is 32.3 Å². The van der Waals surface area contributed by atoms with Gasteiger partial charge in [0.1, 0.15) is 6.04 Å². The van der Waals surface area contributed by atoms with Crippen molar-refractivity contribution < 1.29 is 9.59 Å². The van der Waals surface area contributed by atoms with E-state index in [1.807, 2.05) is 24.3 Å². The molecule has 2 amide bonds. The zero-order valence-corrected chi connectivity index (χ0v) is 15.6. The van der Waals surface area contributed by atoms with Crippen LogP contribution in [-0.4, -0.2) is 61.3 Å². The van der Waals surface area contributed by atoms with Crippen LogP contribution in [0.4, 0.5) is 0 Å². The monoisotopic (exact) mass is 358 g/mol. The van der Waals surface area contributed by atoms with E-state index in [2.05, 4.69) is 10.2 Å². The summed E-state index contributed by atoms with van der Waals surface area (Å²) in [4.78, 5) is 28.9. The first-order valence-electron chi connectivity index (χ1n) is 8.99. The molecule has 2 atom stereocenters. The number of likely N-dealkylation sites (tertiary alicyclic amines) is 1. The van der Waals surface area contributed by atoms with E-state index >= 15 is 0 Å². The summed E-state index contributed by atoms with van der Waals surface area (Å²) in [5.41, 5.74) is 1.06. The van der Waals surface area contributed by atoms with Crippen LogP contribution < -0.4 is 0 Å². The van der Waals surface area contributed by atoms with Crippen molar-refractivity contribution in [2.24, 2.45) is 7.05 Å². The number of nitrogens with zero attached hydrogens (tertiary/aromatic N) is 6. The summed E-state index contributed by atoms with van der Waals surface area (Å²) in [6.45, 7) is 2.58. The van der Waals surface area contributed by atoms with E-state index in [1.165, 1.54) is 4.90 Å². The summed E-state index contributed by atoms with van der Waals surface area (Å²) in [7, 11) is 3.55. The van der Waals surface area contributed by atoms with Gasteiger partial charge in [-0.3, -0.25) is 19.0 Å². The minimum absolute atomic E-state index is 0.0259. The second kappa shape index (κ2) is 7.72. The molecule has 0 bridgehead atoms. The van der Waals surface area contributed by atoms with Crippen LogP contribution in [0.25, 0.3) is 0 Å². The van der Waals surface area contributed by atoms with E-state index < -0.39 is 6.04 Å². The maximum absolute atomic E-state index is 12.9. The molecule has 1 fully saturated rings. The fourth-order valence-electron chi connectivity index (χ4n) is 3.50. The molecule has 1 saturated heterocycles. The molecule has 0 radical (unpaired) electrons. The first kappa shape index (κ1) is 18.2. The Hall–Kier alpha value is -2.64. The largest absolute Gasteiger partial charge is 0.335 e. The molecular weight excluding hydrogens is 332 g/mol. The average Bonchev–Trinajstić information content (AvgIpc) is 3.32. The lowest BCUT2D eigenvalue weighted by Crippen LogP contribution is -2.45. The molecule has 1 aliphatic heterocycles. The van der Waals surface area contributed by atoms with Gasteiger partial charge in [0.15, 0.2) is 0 Å². The summed E-state index contributed by atoms with van der Waals surface area (Å²) in [5.74, 6) is -0.154. The van der Waals surface area contributed by atoms with Gasteiger partial charge in [0.25, 0.3) is 0 Å². The molecule has 8 nitrogen and oxygen atoms in total. The van der Waals surface area contributed by atoms with E-state index in [-0.39, 0.29) is 24.4 Å². The number of hydrogen-bond donors (Lipinski definition) is 0. The normalized spacial score (nSPS) is 18.6. The molecule has 0 saturated carbocycles. The molecule has 26 heavy (non-hydrogen) atoms. The van der Waals surface area contributed by atoms with E-state index in [1.54, 1.807) is 41.8 Å². The van der Waals surface area contributed by atoms with Crippen LogP contribution in [0.15, 0.2) is 30.9 Å².